The standard InChI is InChI=1S/C14H8Br2N2OS/c15-12-8-10(14(16)20-12)13(19)11-6-7-17-18(11)9-4-2-1-3-5-9/h1-8H. The summed E-state index contributed by atoms with van der Waals surface area (Å²) in [5, 5.41) is 4.24. The van der Waals surface area contributed by atoms with Gasteiger partial charge in [0.05, 0.1) is 25.0 Å². The lowest BCUT2D eigenvalue weighted by Gasteiger charge is -2.06. The number of carbonyl (C=O) groups is 1. The fraction of sp³-hybridized carbons (Fsp3) is 0. The molecule has 2 aromatic heterocycles. The lowest BCUT2D eigenvalue weighted by Crippen LogP contribution is -2.09. The molecular weight excluding hydrogens is 404 g/mol. The minimum absolute atomic E-state index is 0.0554. The van der Waals surface area contributed by atoms with Crippen LogP contribution in [0, 0.1) is 0 Å². The van der Waals surface area contributed by atoms with E-state index in [1.165, 1.54) is 11.3 Å². The number of para-hydroxylation sites is 1. The summed E-state index contributed by atoms with van der Waals surface area (Å²) in [7, 11) is 0. The molecule has 6 heteroatoms. The maximum atomic E-state index is 12.6. The normalized spacial score (nSPS) is 10.7. The number of nitrogens with zero attached hydrogens (tertiary/aromatic N) is 2. The Morgan fingerprint density at radius 2 is 1.90 bits per heavy atom. The highest BCUT2D eigenvalue weighted by atomic mass is 79.9. The Morgan fingerprint density at radius 3 is 2.55 bits per heavy atom. The lowest BCUT2D eigenvalue weighted by atomic mass is 10.1. The van der Waals surface area contributed by atoms with Gasteiger partial charge in [-0.2, -0.15) is 5.10 Å². The quantitative estimate of drug-likeness (QED) is 0.586. The highest BCUT2D eigenvalue weighted by Crippen LogP contribution is 2.33. The van der Waals surface area contributed by atoms with Crippen molar-refractivity contribution in [2.45, 2.75) is 0 Å². The maximum absolute atomic E-state index is 12.6. The first-order valence-corrected chi connectivity index (χ1v) is 8.16. The van der Waals surface area contributed by atoms with Gasteiger partial charge in [-0.15, -0.1) is 11.3 Å². The van der Waals surface area contributed by atoms with E-state index >= 15 is 0 Å². The molecule has 0 aliphatic rings. The first-order valence-electron chi connectivity index (χ1n) is 5.76. The van der Waals surface area contributed by atoms with Gasteiger partial charge in [-0.25, -0.2) is 4.68 Å². The largest absolute Gasteiger partial charge is 0.287 e. The highest BCUT2D eigenvalue weighted by Gasteiger charge is 2.19. The molecule has 20 heavy (non-hydrogen) atoms. The fourth-order valence-electron chi connectivity index (χ4n) is 1.88. The van der Waals surface area contributed by atoms with Crippen molar-refractivity contribution in [2.75, 3.05) is 0 Å². The monoisotopic (exact) mass is 410 g/mol. The van der Waals surface area contributed by atoms with E-state index in [1.54, 1.807) is 16.9 Å². The third kappa shape index (κ3) is 2.51. The number of aromatic nitrogens is 2. The molecule has 0 N–H and O–H groups in total. The van der Waals surface area contributed by atoms with Crippen LogP contribution in [-0.2, 0) is 0 Å². The van der Waals surface area contributed by atoms with Crippen LogP contribution in [0.1, 0.15) is 16.1 Å². The van der Waals surface area contributed by atoms with Crippen molar-refractivity contribution >= 4 is 49.0 Å². The molecule has 0 atom stereocenters. The highest BCUT2D eigenvalue weighted by molar-refractivity contribution is 9.12. The Bertz CT molecular complexity index is 765. The zero-order valence-corrected chi connectivity index (χ0v) is 14.1. The molecule has 0 bridgehead atoms. The van der Waals surface area contributed by atoms with Gasteiger partial charge in [0.15, 0.2) is 0 Å². The molecule has 0 unspecified atom stereocenters. The van der Waals surface area contributed by atoms with Crippen molar-refractivity contribution in [3.63, 3.8) is 0 Å². The van der Waals surface area contributed by atoms with Crippen molar-refractivity contribution < 1.29 is 4.79 Å². The lowest BCUT2D eigenvalue weighted by molar-refractivity contribution is 0.103. The molecule has 2 heterocycles. The average Bonchev–Trinajstić information content (AvgIpc) is 3.05. The smallest absolute Gasteiger partial charge is 0.213 e. The predicted molar refractivity (Wildman–Crippen MR) is 86.7 cm³/mol. The Hall–Kier alpha value is -1.24. The molecular formula is C14H8Br2N2OS. The summed E-state index contributed by atoms with van der Waals surface area (Å²) in [5.74, 6) is -0.0554. The maximum Gasteiger partial charge on any atom is 0.213 e. The van der Waals surface area contributed by atoms with E-state index in [0.717, 1.165) is 13.3 Å². The number of halogens is 2. The van der Waals surface area contributed by atoms with Gasteiger partial charge in [0.25, 0.3) is 0 Å². The van der Waals surface area contributed by atoms with E-state index in [1.807, 2.05) is 36.4 Å². The van der Waals surface area contributed by atoms with Crippen molar-refractivity contribution in [3.8, 4) is 5.69 Å². The third-order valence-electron chi connectivity index (χ3n) is 2.78. The molecule has 0 spiro atoms. The summed E-state index contributed by atoms with van der Waals surface area (Å²) in [6, 6.07) is 13.2. The molecule has 0 radical (unpaired) electrons. The summed E-state index contributed by atoms with van der Waals surface area (Å²) < 4.78 is 3.38. The van der Waals surface area contributed by atoms with E-state index in [2.05, 4.69) is 37.0 Å². The number of thiophene rings is 1. The van der Waals surface area contributed by atoms with Crippen LogP contribution in [0.2, 0.25) is 0 Å². The Kier molecular flexibility index (Phi) is 3.87. The molecule has 0 aliphatic carbocycles. The minimum Gasteiger partial charge on any atom is -0.287 e. The number of hydrogen-bond acceptors (Lipinski definition) is 3. The number of hydrogen-bond donors (Lipinski definition) is 0. The van der Waals surface area contributed by atoms with Gasteiger partial charge in [0.2, 0.25) is 5.78 Å². The molecule has 3 rings (SSSR count). The first kappa shape index (κ1) is 13.7. The van der Waals surface area contributed by atoms with Crippen LogP contribution < -0.4 is 0 Å². The molecule has 0 fully saturated rings. The first-order chi connectivity index (χ1) is 9.66. The minimum atomic E-state index is -0.0554. The zero-order chi connectivity index (χ0) is 14.1. The second kappa shape index (κ2) is 5.63. The van der Waals surface area contributed by atoms with Gasteiger partial charge in [-0.05, 0) is 56.1 Å². The molecule has 0 amide bonds. The van der Waals surface area contributed by atoms with Crippen molar-refractivity contribution in [3.05, 3.63) is 67.5 Å². The number of benzene rings is 1. The SMILES string of the molecule is O=C(c1cc(Br)sc1Br)c1ccnn1-c1ccccc1. The molecule has 0 aliphatic heterocycles. The van der Waals surface area contributed by atoms with Crippen LogP contribution in [0.25, 0.3) is 5.69 Å². The van der Waals surface area contributed by atoms with E-state index in [4.69, 9.17) is 0 Å². The Balaban J connectivity index is 2.06. The van der Waals surface area contributed by atoms with Crippen LogP contribution in [0.5, 0.6) is 0 Å². The van der Waals surface area contributed by atoms with E-state index in [9.17, 15) is 4.79 Å². The second-order valence-corrected chi connectivity index (χ2v) is 7.78. The van der Waals surface area contributed by atoms with E-state index in [0.29, 0.717) is 11.3 Å². The number of ketones is 1. The Labute approximate surface area is 136 Å². The van der Waals surface area contributed by atoms with Gasteiger partial charge in [-0.3, -0.25) is 4.79 Å². The fourth-order valence-corrected chi connectivity index (χ4v) is 4.68. The summed E-state index contributed by atoms with van der Waals surface area (Å²) in [6.07, 6.45) is 1.63. The zero-order valence-electron chi connectivity index (χ0n) is 10.1. The van der Waals surface area contributed by atoms with Gasteiger partial charge in [0, 0.05) is 0 Å². The summed E-state index contributed by atoms with van der Waals surface area (Å²) in [6.45, 7) is 0. The molecule has 1 aromatic carbocycles. The summed E-state index contributed by atoms with van der Waals surface area (Å²) >= 11 is 8.29. The summed E-state index contributed by atoms with van der Waals surface area (Å²) in [4.78, 5) is 12.6. The van der Waals surface area contributed by atoms with Crippen LogP contribution in [0.3, 0.4) is 0 Å². The van der Waals surface area contributed by atoms with Crippen LogP contribution in [-0.4, -0.2) is 15.6 Å². The summed E-state index contributed by atoms with van der Waals surface area (Å²) in [5.41, 5.74) is 2.05. The third-order valence-corrected chi connectivity index (χ3v) is 5.12. The Morgan fingerprint density at radius 1 is 1.15 bits per heavy atom. The molecule has 3 nitrogen and oxygen atoms in total. The van der Waals surface area contributed by atoms with Crippen molar-refractivity contribution in [2.24, 2.45) is 0 Å². The van der Waals surface area contributed by atoms with Crippen molar-refractivity contribution in [1.29, 1.82) is 0 Å². The second-order valence-electron chi connectivity index (χ2n) is 4.03. The number of rotatable bonds is 3. The van der Waals surface area contributed by atoms with Gasteiger partial charge < -0.3 is 0 Å². The van der Waals surface area contributed by atoms with E-state index in [-0.39, 0.29) is 5.78 Å². The van der Waals surface area contributed by atoms with Crippen LogP contribution in [0.4, 0.5) is 0 Å². The van der Waals surface area contributed by atoms with Gasteiger partial charge in [0.1, 0.15) is 5.69 Å². The molecule has 0 saturated carbocycles. The molecule has 3 aromatic rings. The van der Waals surface area contributed by atoms with Gasteiger partial charge in [-0.1, -0.05) is 18.2 Å². The van der Waals surface area contributed by atoms with E-state index < -0.39 is 0 Å². The van der Waals surface area contributed by atoms with Crippen molar-refractivity contribution in [1.82, 2.24) is 9.78 Å². The van der Waals surface area contributed by atoms with Gasteiger partial charge >= 0.3 is 0 Å². The average molecular weight is 412 g/mol. The number of carbonyl (C=O) groups excluding carboxylic acids is 1. The van der Waals surface area contributed by atoms with Crippen LogP contribution >= 0.6 is 43.2 Å². The predicted octanol–water partition coefficient (Wildman–Crippen LogP) is 4.69. The molecule has 0 saturated heterocycles. The topological polar surface area (TPSA) is 34.9 Å². The van der Waals surface area contributed by atoms with Crippen LogP contribution in [0.15, 0.2) is 56.2 Å². The molecule has 100 valence electrons.